The second-order valence-electron chi connectivity index (χ2n) is 3.94. The number of nitrogens with one attached hydrogen (secondary N) is 1. The van der Waals surface area contributed by atoms with Gasteiger partial charge in [-0.1, -0.05) is 0 Å². The fourth-order valence-electron chi connectivity index (χ4n) is 1.83. The number of nitrogens with zero attached hydrogens (tertiary/aromatic N) is 1. The van der Waals surface area contributed by atoms with Gasteiger partial charge in [0.25, 0.3) is 5.56 Å². The third-order valence-corrected chi connectivity index (χ3v) is 3.59. The molecule has 0 radical (unpaired) electrons. The molecule has 3 rings (SSSR count). The van der Waals surface area contributed by atoms with E-state index in [1.165, 1.54) is 24.5 Å². The van der Waals surface area contributed by atoms with Gasteiger partial charge in [0.15, 0.2) is 11.5 Å². The van der Waals surface area contributed by atoms with Crippen LogP contribution in [0.2, 0.25) is 0 Å². The first-order chi connectivity index (χ1) is 9.19. The Balaban J connectivity index is 2.21. The lowest BCUT2D eigenvalue weighted by molar-refractivity contribution is 0.373. The van der Waals surface area contributed by atoms with E-state index in [9.17, 15) is 9.90 Å². The quantitative estimate of drug-likeness (QED) is 0.752. The molecule has 0 saturated carbocycles. The highest BCUT2D eigenvalue weighted by Gasteiger charge is 2.09. The summed E-state index contributed by atoms with van der Waals surface area (Å²) in [4.78, 5) is 19.7. The molecule has 19 heavy (non-hydrogen) atoms. The molecule has 2 aromatic heterocycles. The van der Waals surface area contributed by atoms with Gasteiger partial charge in [-0.25, -0.2) is 4.98 Å². The molecule has 0 saturated heterocycles. The average Bonchev–Trinajstić information content (AvgIpc) is 2.88. The standard InChI is InChI=1S/C13H10N2O3S/c1-18-10-6-7(2-3-9(10)16)11-14-12(17)8-4-5-19-13(8)15-11/h2-6,16H,1H3,(H,14,15,17). The van der Waals surface area contributed by atoms with Crippen molar-refractivity contribution in [1.29, 1.82) is 0 Å². The summed E-state index contributed by atoms with van der Waals surface area (Å²) in [6.45, 7) is 0. The first-order valence-corrected chi connectivity index (χ1v) is 6.42. The van der Waals surface area contributed by atoms with Crippen LogP contribution in [0.15, 0.2) is 34.4 Å². The highest BCUT2D eigenvalue weighted by Crippen LogP contribution is 2.30. The third-order valence-electron chi connectivity index (χ3n) is 2.79. The first kappa shape index (κ1) is 11.7. The van der Waals surface area contributed by atoms with Gasteiger partial charge in [0, 0.05) is 5.56 Å². The first-order valence-electron chi connectivity index (χ1n) is 5.54. The lowest BCUT2D eigenvalue weighted by atomic mass is 10.2. The Bertz CT molecular complexity index is 807. The molecule has 5 nitrogen and oxygen atoms in total. The maximum Gasteiger partial charge on any atom is 0.259 e. The van der Waals surface area contributed by atoms with E-state index < -0.39 is 0 Å². The molecule has 2 N–H and O–H groups in total. The van der Waals surface area contributed by atoms with Crippen molar-refractivity contribution >= 4 is 21.6 Å². The average molecular weight is 274 g/mol. The number of benzene rings is 1. The van der Waals surface area contributed by atoms with Gasteiger partial charge in [-0.15, -0.1) is 11.3 Å². The zero-order chi connectivity index (χ0) is 13.4. The van der Waals surface area contributed by atoms with E-state index in [1.807, 2.05) is 5.38 Å². The maximum atomic E-state index is 11.9. The minimum atomic E-state index is -0.173. The molecule has 0 aliphatic carbocycles. The van der Waals surface area contributed by atoms with E-state index in [-0.39, 0.29) is 11.3 Å². The fourth-order valence-corrected chi connectivity index (χ4v) is 2.59. The van der Waals surface area contributed by atoms with E-state index in [1.54, 1.807) is 18.2 Å². The van der Waals surface area contributed by atoms with Gasteiger partial charge in [0.2, 0.25) is 0 Å². The van der Waals surface area contributed by atoms with Crippen LogP contribution >= 0.6 is 11.3 Å². The van der Waals surface area contributed by atoms with Crippen LogP contribution in [0.1, 0.15) is 0 Å². The summed E-state index contributed by atoms with van der Waals surface area (Å²) in [6.07, 6.45) is 0. The van der Waals surface area contributed by atoms with Crippen LogP contribution in [0.3, 0.4) is 0 Å². The highest BCUT2D eigenvalue weighted by atomic mass is 32.1. The largest absolute Gasteiger partial charge is 0.504 e. The number of rotatable bonds is 2. The third kappa shape index (κ3) is 1.96. The minimum absolute atomic E-state index is 0.0470. The van der Waals surface area contributed by atoms with Crippen LogP contribution in [-0.4, -0.2) is 22.2 Å². The topological polar surface area (TPSA) is 75.2 Å². The molecule has 96 valence electrons. The van der Waals surface area contributed by atoms with Crippen molar-refractivity contribution in [2.24, 2.45) is 0 Å². The highest BCUT2D eigenvalue weighted by molar-refractivity contribution is 7.16. The van der Waals surface area contributed by atoms with Crippen LogP contribution in [0.25, 0.3) is 21.6 Å². The molecule has 0 bridgehead atoms. The summed E-state index contributed by atoms with van der Waals surface area (Å²) >= 11 is 1.41. The van der Waals surface area contributed by atoms with Crippen LogP contribution in [0.5, 0.6) is 11.5 Å². The van der Waals surface area contributed by atoms with Gasteiger partial charge in [-0.05, 0) is 29.6 Å². The maximum absolute atomic E-state index is 11.9. The number of hydrogen-bond acceptors (Lipinski definition) is 5. The Labute approximate surface area is 112 Å². The number of phenolic OH excluding ortho intramolecular Hbond substituents is 1. The van der Waals surface area contributed by atoms with E-state index in [0.717, 1.165) is 0 Å². The van der Waals surface area contributed by atoms with Gasteiger partial charge in [-0.3, -0.25) is 4.79 Å². The molecule has 0 spiro atoms. The molecule has 0 amide bonds. The van der Waals surface area contributed by atoms with Gasteiger partial charge >= 0.3 is 0 Å². The van der Waals surface area contributed by atoms with Crippen molar-refractivity contribution < 1.29 is 9.84 Å². The van der Waals surface area contributed by atoms with E-state index in [2.05, 4.69) is 9.97 Å². The normalized spacial score (nSPS) is 10.8. The Morgan fingerprint density at radius 2 is 2.21 bits per heavy atom. The molecule has 0 unspecified atom stereocenters. The number of aromatic hydroxyl groups is 1. The van der Waals surface area contributed by atoms with Crippen molar-refractivity contribution in [2.75, 3.05) is 7.11 Å². The molecule has 1 aromatic carbocycles. The Morgan fingerprint density at radius 1 is 1.37 bits per heavy atom. The second-order valence-corrected chi connectivity index (χ2v) is 4.84. The summed E-state index contributed by atoms with van der Waals surface area (Å²) in [5.41, 5.74) is 0.510. The van der Waals surface area contributed by atoms with E-state index in [0.29, 0.717) is 27.4 Å². The van der Waals surface area contributed by atoms with Crippen molar-refractivity contribution in [3.05, 3.63) is 40.0 Å². The predicted molar refractivity (Wildman–Crippen MR) is 73.9 cm³/mol. The summed E-state index contributed by atoms with van der Waals surface area (Å²) < 4.78 is 5.04. The molecule has 2 heterocycles. The molecular weight excluding hydrogens is 264 g/mol. The monoisotopic (exact) mass is 274 g/mol. The number of aromatic amines is 1. The summed E-state index contributed by atoms with van der Waals surface area (Å²) in [7, 11) is 1.47. The Kier molecular flexibility index (Phi) is 2.72. The van der Waals surface area contributed by atoms with Crippen molar-refractivity contribution in [3.8, 4) is 22.9 Å². The number of thiophene rings is 1. The predicted octanol–water partition coefficient (Wildman–Crippen LogP) is 2.37. The number of aromatic nitrogens is 2. The fraction of sp³-hybridized carbons (Fsp3) is 0.0769. The molecule has 0 atom stereocenters. The molecule has 0 aliphatic rings. The zero-order valence-corrected chi connectivity index (χ0v) is 10.8. The van der Waals surface area contributed by atoms with Gasteiger partial charge in [-0.2, -0.15) is 0 Å². The smallest absolute Gasteiger partial charge is 0.259 e. The van der Waals surface area contributed by atoms with Crippen LogP contribution in [0, 0.1) is 0 Å². The number of fused-ring (bicyclic) bond motifs is 1. The van der Waals surface area contributed by atoms with E-state index in [4.69, 9.17) is 4.74 Å². The number of phenols is 1. The van der Waals surface area contributed by atoms with Gasteiger partial charge < -0.3 is 14.8 Å². The van der Waals surface area contributed by atoms with Gasteiger partial charge in [0.1, 0.15) is 10.7 Å². The summed E-state index contributed by atoms with van der Waals surface area (Å²) in [6, 6.07) is 6.56. The number of hydrogen-bond donors (Lipinski definition) is 2. The lowest BCUT2D eigenvalue weighted by Gasteiger charge is -2.06. The lowest BCUT2D eigenvalue weighted by Crippen LogP contribution is -2.07. The number of methoxy groups -OCH3 is 1. The molecule has 3 aromatic rings. The van der Waals surface area contributed by atoms with Crippen LogP contribution in [-0.2, 0) is 0 Å². The second kappa shape index (κ2) is 4.40. The van der Waals surface area contributed by atoms with Crippen molar-refractivity contribution in [3.63, 3.8) is 0 Å². The zero-order valence-electron chi connectivity index (χ0n) is 10.0. The number of H-pyrrole nitrogens is 1. The van der Waals surface area contributed by atoms with Crippen molar-refractivity contribution in [2.45, 2.75) is 0 Å². The van der Waals surface area contributed by atoms with E-state index >= 15 is 0 Å². The SMILES string of the molecule is COc1cc(-c2nc3sccc3c(=O)[nH]2)ccc1O. The molecular formula is C13H10N2O3S. The molecule has 6 heteroatoms. The minimum Gasteiger partial charge on any atom is -0.504 e. The van der Waals surface area contributed by atoms with Gasteiger partial charge in [0.05, 0.1) is 12.5 Å². The number of ether oxygens (including phenoxy) is 1. The van der Waals surface area contributed by atoms with Crippen LogP contribution < -0.4 is 10.3 Å². The molecule has 0 fully saturated rings. The Hall–Kier alpha value is -2.34. The Morgan fingerprint density at radius 3 is 3.00 bits per heavy atom. The summed E-state index contributed by atoms with van der Waals surface area (Å²) in [5, 5.41) is 12.0. The summed E-state index contributed by atoms with van der Waals surface area (Å²) in [5.74, 6) is 0.843. The van der Waals surface area contributed by atoms with Crippen molar-refractivity contribution in [1.82, 2.24) is 9.97 Å². The molecule has 0 aliphatic heterocycles. The van der Waals surface area contributed by atoms with Crippen LogP contribution in [0.4, 0.5) is 0 Å².